The number of nitrogen functional groups attached to an aromatic ring is 1. The van der Waals surface area contributed by atoms with Gasteiger partial charge in [-0.2, -0.15) is 0 Å². The van der Waals surface area contributed by atoms with Crippen LogP contribution in [0.3, 0.4) is 0 Å². The summed E-state index contributed by atoms with van der Waals surface area (Å²) in [5.41, 5.74) is 12.0. The maximum Gasteiger partial charge on any atom is 0.411 e. The van der Waals surface area contributed by atoms with E-state index in [2.05, 4.69) is 15.0 Å². The largest absolute Gasteiger partial charge is 0.486 e. The Morgan fingerprint density at radius 3 is 2.62 bits per heavy atom. The molecule has 1 fully saturated rings. The SMILES string of the molecule is C[C@@H]1CN(C(=O)OC(C)(C)N)CCN1c1ncc(OCc2ccncc2N)cn1. The number of hydrogen-bond donors (Lipinski definition) is 2. The summed E-state index contributed by atoms with van der Waals surface area (Å²) >= 11 is 0. The molecule has 0 radical (unpaired) electrons. The number of nitrogens with zero attached hydrogens (tertiary/aromatic N) is 5. The molecule has 0 aromatic carbocycles. The van der Waals surface area contributed by atoms with Crippen LogP contribution in [0, 0.1) is 0 Å². The van der Waals surface area contributed by atoms with Gasteiger partial charge in [0.1, 0.15) is 6.61 Å². The van der Waals surface area contributed by atoms with Gasteiger partial charge in [0.2, 0.25) is 5.95 Å². The van der Waals surface area contributed by atoms with Gasteiger partial charge in [-0.25, -0.2) is 14.8 Å². The summed E-state index contributed by atoms with van der Waals surface area (Å²) in [6.07, 6.45) is 6.10. The Morgan fingerprint density at radius 1 is 1.28 bits per heavy atom. The lowest BCUT2D eigenvalue weighted by molar-refractivity contribution is 0.0146. The fourth-order valence-corrected chi connectivity index (χ4v) is 2.97. The third-order valence-corrected chi connectivity index (χ3v) is 4.45. The van der Waals surface area contributed by atoms with Crippen LogP contribution in [0.4, 0.5) is 16.4 Å². The van der Waals surface area contributed by atoms with Crippen LogP contribution < -0.4 is 21.1 Å². The first kappa shape index (κ1) is 20.6. The number of ether oxygens (including phenoxy) is 2. The topological polar surface area (TPSA) is 133 Å². The Hall–Kier alpha value is -3.14. The highest BCUT2D eigenvalue weighted by Gasteiger charge is 2.31. The number of amides is 1. The first-order valence-electron chi connectivity index (χ1n) is 9.39. The van der Waals surface area contributed by atoms with Crippen LogP contribution >= 0.6 is 0 Å². The van der Waals surface area contributed by atoms with E-state index >= 15 is 0 Å². The van der Waals surface area contributed by atoms with Crippen LogP contribution in [-0.4, -0.2) is 57.3 Å². The fraction of sp³-hybridized carbons (Fsp3) is 0.474. The number of hydrogen-bond acceptors (Lipinski definition) is 9. The summed E-state index contributed by atoms with van der Waals surface area (Å²) in [6.45, 7) is 7.20. The average Bonchev–Trinajstić information content (AvgIpc) is 2.66. The molecule has 1 saturated heterocycles. The molecule has 1 amide bonds. The lowest BCUT2D eigenvalue weighted by Gasteiger charge is -2.40. The molecule has 0 bridgehead atoms. The van der Waals surface area contributed by atoms with Crippen molar-refractivity contribution >= 4 is 17.7 Å². The number of nitrogens with two attached hydrogens (primary N) is 2. The van der Waals surface area contributed by atoms with Crippen LogP contribution in [-0.2, 0) is 11.3 Å². The van der Waals surface area contributed by atoms with Crippen molar-refractivity contribution < 1.29 is 14.3 Å². The predicted molar refractivity (Wildman–Crippen MR) is 108 cm³/mol. The van der Waals surface area contributed by atoms with Gasteiger partial charge >= 0.3 is 6.09 Å². The van der Waals surface area contributed by atoms with E-state index in [1.165, 1.54) is 0 Å². The fourth-order valence-electron chi connectivity index (χ4n) is 2.97. The van der Waals surface area contributed by atoms with Gasteiger partial charge in [0, 0.05) is 37.4 Å². The minimum atomic E-state index is -1.00. The second-order valence-electron chi connectivity index (χ2n) is 7.54. The van der Waals surface area contributed by atoms with Crippen LogP contribution in [0.1, 0.15) is 26.3 Å². The van der Waals surface area contributed by atoms with Gasteiger partial charge in [-0.05, 0) is 26.8 Å². The Labute approximate surface area is 169 Å². The molecule has 1 aliphatic rings. The molecule has 0 aliphatic carbocycles. The van der Waals surface area contributed by atoms with Crippen LogP contribution in [0.15, 0.2) is 30.9 Å². The Bertz CT molecular complexity index is 838. The van der Waals surface area contributed by atoms with Crippen molar-refractivity contribution in [1.29, 1.82) is 0 Å². The Kier molecular flexibility index (Phi) is 6.02. The first-order chi connectivity index (χ1) is 13.7. The highest BCUT2D eigenvalue weighted by Crippen LogP contribution is 2.20. The van der Waals surface area contributed by atoms with Crippen LogP contribution in [0.5, 0.6) is 5.75 Å². The summed E-state index contributed by atoms with van der Waals surface area (Å²) < 4.78 is 10.9. The summed E-state index contributed by atoms with van der Waals surface area (Å²) in [5, 5.41) is 0. The number of pyridine rings is 1. The lowest BCUT2D eigenvalue weighted by Crippen LogP contribution is -2.55. The van der Waals surface area contributed by atoms with E-state index in [1.54, 1.807) is 43.5 Å². The molecule has 2 aromatic heterocycles. The molecule has 156 valence electrons. The summed E-state index contributed by atoms with van der Waals surface area (Å²) in [7, 11) is 0. The maximum absolute atomic E-state index is 12.2. The second-order valence-corrected chi connectivity index (χ2v) is 7.54. The first-order valence-corrected chi connectivity index (χ1v) is 9.39. The van der Waals surface area contributed by atoms with E-state index in [9.17, 15) is 4.79 Å². The maximum atomic E-state index is 12.2. The van der Waals surface area contributed by atoms with Gasteiger partial charge in [0.15, 0.2) is 11.5 Å². The summed E-state index contributed by atoms with van der Waals surface area (Å²) in [6, 6.07) is 1.84. The average molecular weight is 401 g/mol. The molecule has 1 aliphatic heterocycles. The molecule has 29 heavy (non-hydrogen) atoms. The van der Waals surface area contributed by atoms with E-state index in [-0.39, 0.29) is 6.04 Å². The molecular formula is C19H27N7O3. The molecule has 10 nitrogen and oxygen atoms in total. The predicted octanol–water partition coefficient (Wildman–Crippen LogP) is 1.37. The van der Waals surface area contributed by atoms with E-state index < -0.39 is 11.8 Å². The molecule has 10 heteroatoms. The van der Waals surface area contributed by atoms with E-state index in [0.29, 0.717) is 43.6 Å². The number of aromatic nitrogens is 3. The van der Waals surface area contributed by atoms with Gasteiger partial charge in [-0.15, -0.1) is 0 Å². The summed E-state index contributed by atoms with van der Waals surface area (Å²) in [4.78, 5) is 28.7. The van der Waals surface area contributed by atoms with Crippen LogP contribution in [0.25, 0.3) is 0 Å². The minimum absolute atomic E-state index is 0.0283. The highest BCUT2D eigenvalue weighted by atomic mass is 16.6. The second kappa shape index (κ2) is 8.48. The van der Waals surface area contributed by atoms with Crippen molar-refractivity contribution in [2.24, 2.45) is 5.73 Å². The van der Waals surface area contributed by atoms with Crippen molar-refractivity contribution in [2.45, 2.75) is 39.1 Å². The normalized spacial score (nSPS) is 17.2. The van der Waals surface area contributed by atoms with Crippen molar-refractivity contribution in [3.8, 4) is 5.75 Å². The zero-order chi connectivity index (χ0) is 21.0. The number of anilines is 2. The third-order valence-electron chi connectivity index (χ3n) is 4.45. The number of carbonyl (C=O) groups is 1. The number of piperazine rings is 1. The Morgan fingerprint density at radius 2 is 2.00 bits per heavy atom. The Balaban J connectivity index is 1.56. The third kappa shape index (κ3) is 5.44. The van der Waals surface area contributed by atoms with Crippen molar-refractivity contribution in [3.05, 3.63) is 36.4 Å². The quantitative estimate of drug-likeness (QED) is 0.713. The molecule has 0 saturated carbocycles. The smallest absolute Gasteiger partial charge is 0.411 e. The standard InChI is InChI=1S/C19H27N7O3/c1-13-11-25(18(27)29-19(2,3)21)6-7-26(13)17-23-8-15(9-24-17)28-12-14-4-5-22-10-16(14)20/h4-5,8-10,13H,6-7,11-12,20-21H2,1-3H3/t13-/m1/s1. The summed E-state index contributed by atoms with van der Waals surface area (Å²) in [5.74, 6) is 1.13. The van der Waals surface area contributed by atoms with Gasteiger partial charge in [0.25, 0.3) is 0 Å². The van der Waals surface area contributed by atoms with E-state index in [4.69, 9.17) is 20.9 Å². The minimum Gasteiger partial charge on any atom is -0.486 e. The molecule has 0 unspecified atom stereocenters. The van der Waals surface area contributed by atoms with Gasteiger partial charge < -0.3 is 25.0 Å². The monoisotopic (exact) mass is 401 g/mol. The van der Waals surface area contributed by atoms with Crippen LogP contribution in [0.2, 0.25) is 0 Å². The lowest BCUT2D eigenvalue weighted by atomic mass is 10.2. The van der Waals surface area contributed by atoms with Crippen molar-refractivity contribution in [2.75, 3.05) is 30.3 Å². The zero-order valence-electron chi connectivity index (χ0n) is 16.9. The molecule has 1 atom stereocenters. The molecular weight excluding hydrogens is 374 g/mol. The number of rotatable bonds is 5. The van der Waals surface area contributed by atoms with Crippen molar-refractivity contribution in [1.82, 2.24) is 19.9 Å². The van der Waals surface area contributed by atoms with Crippen molar-refractivity contribution in [3.63, 3.8) is 0 Å². The molecule has 3 rings (SSSR count). The van der Waals surface area contributed by atoms with E-state index in [0.717, 1.165) is 5.56 Å². The number of carbonyl (C=O) groups excluding carboxylic acids is 1. The molecule has 0 spiro atoms. The molecule has 2 aromatic rings. The molecule has 3 heterocycles. The highest BCUT2D eigenvalue weighted by molar-refractivity contribution is 5.68. The van der Waals surface area contributed by atoms with E-state index in [1.807, 2.05) is 17.9 Å². The van der Waals surface area contributed by atoms with Gasteiger partial charge in [-0.3, -0.25) is 10.7 Å². The molecule has 4 N–H and O–H groups in total. The van der Waals surface area contributed by atoms with Gasteiger partial charge in [-0.1, -0.05) is 0 Å². The zero-order valence-corrected chi connectivity index (χ0v) is 16.9. The van der Waals surface area contributed by atoms with Gasteiger partial charge in [0.05, 0.1) is 24.3 Å².